The van der Waals surface area contributed by atoms with E-state index in [0.29, 0.717) is 25.2 Å². The number of piperidine rings is 1. The van der Waals surface area contributed by atoms with Gasteiger partial charge in [-0.15, -0.1) is 0 Å². The molecule has 0 saturated carbocycles. The van der Waals surface area contributed by atoms with Crippen LogP contribution in [0.1, 0.15) is 80.9 Å². The lowest BCUT2D eigenvalue weighted by Gasteiger charge is -2.26. The number of aromatic nitrogens is 4. The lowest BCUT2D eigenvalue weighted by molar-refractivity contribution is 0.0948. The number of likely N-dealkylation sites (tertiary alicyclic amines) is 1. The molecule has 0 spiro atoms. The molecule has 0 aliphatic carbocycles. The number of amides is 3. The van der Waals surface area contributed by atoms with Crippen LogP contribution in [-0.2, 0) is 39.0 Å². The molecule has 71 heavy (non-hydrogen) atoms. The van der Waals surface area contributed by atoms with Crippen molar-refractivity contribution < 1.29 is 14.4 Å². The monoisotopic (exact) mass is 940 g/mol. The third kappa shape index (κ3) is 9.02. The van der Waals surface area contributed by atoms with Crippen molar-refractivity contribution in [3.05, 3.63) is 173 Å². The fraction of sp³-hybridized carbons (Fsp3) is 0.267. The van der Waals surface area contributed by atoms with Crippen molar-refractivity contribution in [3.8, 4) is 33.9 Å². The van der Waals surface area contributed by atoms with Gasteiger partial charge in [0.1, 0.15) is 5.82 Å². The molecule has 6 aromatic carbocycles. The molecule has 1 fully saturated rings. The number of imidazole rings is 1. The number of benzene rings is 6. The molecule has 0 bridgehead atoms. The van der Waals surface area contributed by atoms with E-state index < -0.39 is 0 Å². The number of aryl methyl sites for hydroxylation is 2. The minimum atomic E-state index is -0.0114. The minimum Gasteiger partial charge on any atom is -0.350 e. The molecule has 7 heterocycles. The largest absolute Gasteiger partial charge is 0.350 e. The molecule has 0 radical (unpaired) electrons. The summed E-state index contributed by atoms with van der Waals surface area (Å²) in [6.45, 7) is 12.1. The number of para-hydroxylation sites is 3. The SMILES string of the molecule is CCc1ccc(-c2cc3cccc4c3n2CCNC4=O)cc1.CCc1ccc(-c2cc3cccc4c3n2CCNC4=O)cc1.O=C1NCCn2c(-c3ccc(CN4CCCCC4)cc3)nc3cccc1c32. The van der Waals surface area contributed by atoms with Gasteiger partial charge in [0.05, 0.1) is 38.8 Å². The van der Waals surface area contributed by atoms with Crippen molar-refractivity contribution in [2.45, 2.75) is 72.1 Å². The molecule has 11 heteroatoms. The molecule has 3 N–H and O–H groups in total. The van der Waals surface area contributed by atoms with Crippen molar-refractivity contribution in [1.29, 1.82) is 0 Å². The van der Waals surface area contributed by atoms with Crippen LogP contribution in [0.25, 0.3) is 66.7 Å². The highest BCUT2D eigenvalue weighted by molar-refractivity contribution is 6.09. The molecule has 4 aliphatic heterocycles. The van der Waals surface area contributed by atoms with Crippen LogP contribution in [0.15, 0.2) is 140 Å². The van der Waals surface area contributed by atoms with E-state index in [0.717, 1.165) is 94.4 Å². The summed E-state index contributed by atoms with van der Waals surface area (Å²) in [7, 11) is 0. The third-order valence-electron chi connectivity index (χ3n) is 14.6. The first-order valence-electron chi connectivity index (χ1n) is 25.4. The second-order valence-corrected chi connectivity index (χ2v) is 19.0. The number of nitrogens with zero attached hydrogens (tertiary/aromatic N) is 5. The zero-order chi connectivity index (χ0) is 48.4. The Labute approximate surface area is 414 Å². The number of hydrogen-bond acceptors (Lipinski definition) is 5. The predicted molar refractivity (Wildman–Crippen MR) is 285 cm³/mol. The standard InChI is InChI=1S/C22H24N4O.2C19H18N2O/c27-22-18-5-4-6-19-20(18)26(14-11-23-22)21(24-19)17-9-7-16(8-10-17)15-25-12-2-1-3-13-25;2*1-2-13-6-8-14(9-7-13)17-12-15-4-3-5-16-18(15)21(17)11-10-20-19(16)22/h4-10H,1-3,11-15H2,(H,23,27);2*3-9,12H,2,10-11H2,1H3,(H,20,22). The molecule has 13 rings (SSSR count). The number of nitrogens with one attached hydrogen (secondary N) is 3. The van der Waals surface area contributed by atoms with Crippen LogP contribution in [0.3, 0.4) is 0 Å². The summed E-state index contributed by atoms with van der Waals surface area (Å²) in [5.74, 6) is 0.979. The summed E-state index contributed by atoms with van der Waals surface area (Å²) < 4.78 is 6.72. The Morgan fingerprint density at radius 2 is 0.887 bits per heavy atom. The van der Waals surface area contributed by atoms with Gasteiger partial charge >= 0.3 is 0 Å². The van der Waals surface area contributed by atoms with Gasteiger partial charge in [0.25, 0.3) is 17.7 Å². The Morgan fingerprint density at radius 1 is 0.451 bits per heavy atom. The van der Waals surface area contributed by atoms with E-state index in [1.807, 2.05) is 42.5 Å². The van der Waals surface area contributed by atoms with Crippen molar-refractivity contribution in [2.24, 2.45) is 0 Å². The summed E-state index contributed by atoms with van der Waals surface area (Å²) in [4.78, 5) is 44.1. The molecule has 1 saturated heterocycles. The van der Waals surface area contributed by atoms with E-state index in [4.69, 9.17) is 4.98 Å². The van der Waals surface area contributed by atoms with Crippen LogP contribution in [0.2, 0.25) is 0 Å². The highest BCUT2D eigenvalue weighted by atomic mass is 16.2. The van der Waals surface area contributed by atoms with Crippen LogP contribution in [0, 0.1) is 0 Å². The number of carbonyl (C=O) groups excluding carboxylic acids is 3. The van der Waals surface area contributed by atoms with Gasteiger partial charge in [-0.05, 0) is 103 Å². The Kier molecular flexibility index (Phi) is 12.8. The van der Waals surface area contributed by atoms with E-state index in [9.17, 15) is 14.4 Å². The summed E-state index contributed by atoms with van der Waals surface area (Å²) in [5.41, 5.74) is 16.1. The smallest absolute Gasteiger partial charge is 0.253 e. The molecule has 0 atom stereocenters. The van der Waals surface area contributed by atoms with Crippen LogP contribution in [0.4, 0.5) is 0 Å². The fourth-order valence-electron chi connectivity index (χ4n) is 10.9. The van der Waals surface area contributed by atoms with E-state index in [-0.39, 0.29) is 17.7 Å². The molecule has 4 aliphatic rings. The average molecular weight is 941 g/mol. The highest BCUT2D eigenvalue weighted by Crippen LogP contribution is 2.34. The molecular formula is C60H60N8O3. The Morgan fingerprint density at radius 3 is 1.38 bits per heavy atom. The molecule has 3 aromatic heterocycles. The number of carbonyl (C=O) groups is 3. The van der Waals surface area contributed by atoms with Crippen molar-refractivity contribution in [2.75, 3.05) is 32.7 Å². The Balaban J connectivity index is 0.000000116. The lowest BCUT2D eigenvalue weighted by atomic mass is 10.1. The lowest BCUT2D eigenvalue weighted by Crippen LogP contribution is -2.29. The average Bonchev–Trinajstić information content (AvgIpc) is 3.98. The van der Waals surface area contributed by atoms with Gasteiger partial charge in [-0.25, -0.2) is 4.98 Å². The van der Waals surface area contributed by atoms with Crippen molar-refractivity contribution in [1.82, 2.24) is 39.5 Å². The van der Waals surface area contributed by atoms with E-state index in [1.165, 1.54) is 71.6 Å². The van der Waals surface area contributed by atoms with Gasteiger partial charge in [0.15, 0.2) is 0 Å². The summed E-state index contributed by atoms with van der Waals surface area (Å²) in [6, 6.07) is 48.3. The molecular weight excluding hydrogens is 881 g/mol. The van der Waals surface area contributed by atoms with Gasteiger partial charge in [-0.3, -0.25) is 19.3 Å². The second-order valence-electron chi connectivity index (χ2n) is 19.0. The van der Waals surface area contributed by atoms with Gasteiger partial charge in [-0.1, -0.05) is 123 Å². The molecule has 3 amide bonds. The Hall–Kier alpha value is -7.76. The van der Waals surface area contributed by atoms with E-state index in [1.54, 1.807) is 0 Å². The fourth-order valence-corrected chi connectivity index (χ4v) is 10.9. The molecule has 9 aromatic rings. The molecule has 0 unspecified atom stereocenters. The van der Waals surface area contributed by atoms with Gasteiger partial charge < -0.3 is 29.7 Å². The predicted octanol–water partition coefficient (Wildman–Crippen LogP) is 10.7. The maximum absolute atomic E-state index is 12.3. The zero-order valence-corrected chi connectivity index (χ0v) is 40.6. The normalized spacial score (nSPS) is 15.4. The van der Waals surface area contributed by atoms with E-state index in [2.05, 4.69) is 145 Å². The first-order valence-corrected chi connectivity index (χ1v) is 25.4. The highest BCUT2D eigenvalue weighted by Gasteiger charge is 2.24. The van der Waals surface area contributed by atoms with Crippen LogP contribution < -0.4 is 16.0 Å². The van der Waals surface area contributed by atoms with Crippen molar-refractivity contribution >= 4 is 50.6 Å². The number of rotatable bonds is 7. The topological polar surface area (TPSA) is 118 Å². The maximum Gasteiger partial charge on any atom is 0.253 e. The van der Waals surface area contributed by atoms with Gasteiger partial charge in [0.2, 0.25) is 0 Å². The maximum atomic E-state index is 12.3. The summed E-state index contributed by atoms with van der Waals surface area (Å²) >= 11 is 0. The summed E-state index contributed by atoms with van der Waals surface area (Å²) in [6.07, 6.45) is 6.09. The number of hydrogen-bond donors (Lipinski definition) is 3. The quantitative estimate of drug-likeness (QED) is 0.147. The van der Waals surface area contributed by atoms with Gasteiger partial charge in [0, 0.05) is 73.5 Å². The van der Waals surface area contributed by atoms with Crippen molar-refractivity contribution in [3.63, 3.8) is 0 Å². The Bertz CT molecular complexity index is 3280. The first kappa shape index (κ1) is 45.7. The molecule has 358 valence electrons. The molecule has 11 nitrogen and oxygen atoms in total. The van der Waals surface area contributed by atoms with Crippen LogP contribution in [0.5, 0.6) is 0 Å². The summed E-state index contributed by atoms with van der Waals surface area (Å²) in [5, 5.41) is 11.2. The van der Waals surface area contributed by atoms with Crippen LogP contribution in [-0.4, -0.2) is 74.0 Å². The van der Waals surface area contributed by atoms with Gasteiger partial charge in [-0.2, -0.15) is 0 Å². The second kappa shape index (κ2) is 19.9. The van der Waals surface area contributed by atoms with E-state index >= 15 is 0 Å². The van der Waals surface area contributed by atoms with Crippen LogP contribution >= 0.6 is 0 Å². The first-order chi connectivity index (χ1) is 34.8. The third-order valence-corrected chi connectivity index (χ3v) is 14.6. The minimum absolute atomic E-state index is 0.0114. The zero-order valence-electron chi connectivity index (χ0n) is 40.6.